The van der Waals surface area contributed by atoms with Gasteiger partial charge in [0.15, 0.2) is 17.0 Å². The van der Waals surface area contributed by atoms with E-state index in [2.05, 4.69) is 25.4 Å². The number of rotatable bonds is 4. The van der Waals surface area contributed by atoms with Crippen LogP contribution in [0, 0.1) is 0 Å². The SMILES string of the molecule is COc1nn(C)cc1Nc1nc(N2C[C@@H]([NH-])[C@H](F)C2)nc2c1ncn2C.[W]. The third-order valence-corrected chi connectivity index (χ3v) is 4.32. The van der Waals surface area contributed by atoms with E-state index in [1.165, 1.54) is 7.11 Å². The molecule has 12 heteroatoms. The maximum atomic E-state index is 13.8. The van der Waals surface area contributed by atoms with Gasteiger partial charge in [0.1, 0.15) is 11.9 Å². The number of alkyl halides is 1. The van der Waals surface area contributed by atoms with Gasteiger partial charge in [-0.05, 0) is 0 Å². The van der Waals surface area contributed by atoms with Gasteiger partial charge in [-0.15, -0.1) is 5.10 Å². The molecule has 2 N–H and O–H groups in total. The van der Waals surface area contributed by atoms with E-state index in [0.29, 0.717) is 34.5 Å². The first-order chi connectivity index (χ1) is 12.5. The Balaban J connectivity index is 0.00000210. The normalized spacial score (nSPS) is 19.4. The Bertz CT molecular complexity index is 948. The van der Waals surface area contributed by atoms with Crippen molar-refractivity contribution in [1.29, 1.82) is 0 Å². The average molecular weight is 544 g/mol. The summed E-state index contributed by atoms with van der Waals surface area (Å²) in [5.41, 5.74) is 9.58. The van der Waals surface area contributed by atoms with Gasteiger partial charge in [0, 0.05) is 41.7 Å². The molecule has 3 aromatic heterocycles. The summed E-state index contributed by atoms with van der Waals surface area (Å²) in [6.07, 6.45) is 2.20. The maximum absolute atomic E-state index is 13.8. The number of halogens is 1. The van der Waals surface area contributed by atoms with Gasteiger partial charge >= 0.3 is 0 Å². The third-order valence-electron chi connectivity index (χ3n) is 4.32. The van der Waals surface area contributed by atoms with Crippen molar-refractivity contribution in [3.05, 3.63) is 18.3 Å². The molecule has 4 rings (SSSR count). The van der Waals surface area contributed by atoms with Gasteiger partial charge in [-0.1, -0.05) is 6.04 Å². The fourth-order valence-electron chi connectivity index (χ4n) is 2.98. The predicted molar refractivity (Wildman–Crippen MR) is 94.6 cm³/mol. The molecule has 0 saturated carbocycles. The van der Waals surface area contributed by atoms with Gasteiger partial charge in [0.25, 0.3) is 5.88 Å². The number of fused-ring (bicyclic) bond motifs is 1. The summed E-state index contributed by atoms with van der Waals surface area (Å²) in [5.74, 6) is 1.26. The Morgan fingerprint density at radius 3 is 2.74 bits per heavy atom. The number of imidazole rings is 1. The van der Waals surface area contributed by atoms with Gasteiger partial charge in [0.2, 0.25) is 5.95 Å². The van der Waals surface area contributed by atoms with Crippen molar-refractivity contribution in [1.82, 2.24) is 29.3 Å². The molecule has 27 heavy (non-hydrogen) atoms. The molecule has 144 valence electrons. The van der Waals surface area contributed by atoms with Gasteiger partial charge < -0.3 is 25.3 Å². The zero-order valence-electron chi connectivity index (χ0n) is 15.0. The van der Waals surface area contributed by atoms with E-state index in [0.717, 1.165) is 0 Å². The second-order valence-electron chi connectivity index (χ2n) is 6.28. The Hall–Kier alpha value is -2.26. The summed E-state index contributed by atoms with van der Waals surface area (Å²) in [7, 11) is 5.15. The summed E-state index contributed by atoms with van der Waals surface area (Å²) < 4.78 is 22.4. The summed E-state index contributed by atoms with van der Waals surface area (Å²) in [5, 5.41) is 7.39. The van der Waals surface area contributed by atoms with Crippen LogP contribution in [0.25, 0.3) is 16.9 Å². The number of aryl methyl sites for hydroxylation is 2. The number of anilines is 3. The summed E-state index contributed by atoms with van der Waals surface area (Å²) in [6.45, 7) is 0.355. The fourth-order valence-corrected chi connectivity index (χ4v) is 2.98. The van der Waals surface area contributed by atoms with Crippen molar-refractivity contribution in [2.75, 3.05) is 30.4 Å². The zero-order chi connectivity index (χ0) is 18.4. The molecule has 4 heterocycles. The van der Waals surface area contributed by atoms with Crippen LogP contribution in [0.3, 0.4) is 0 Å². The number of hydrogen-bond acceptors (Lipinski definition) is 7. The van der Waals surface area contributed by atoms with E-state index in [4.69, 9.17) is 10.5 Å². The van der Waals surface area contributed by atoms with Crippen LogP contribution in [0.15, 0.2) is 12.5 Å². The fraction of sp³-hybridized carbons (Fsp3) is 0.467. The minimum Gasteiger partial charge on any atom is -0.671 e. The molecule has 0 spiro atoms. The van der Waals surface area contributed by atoms with Crippen LogP contribution >= 0.6 is 0 Å². The molecular formula is C15H19FN9OW-. The van der Waals surface area contributed by atoms with Gasteiger partial charge in [-0.3, -0.25) is 4.68 Å². The van der Waals surface area contributed by atoms with Crippen LogP contribution in [-0.2, 0) is 35.2 Å². The number of ether oxygens (including phenoxy) is 1. The molecule has 0 aliphatic carbocycles. The first kappa shape index (κ1) is 19.5. The van der Waals surface area contributed by atoms with Crippen molar-refractivity contribution in [2.45, 2.75) is 12.2 Å². The predicted octanol–water partition coefficient (Wildman–Crippen LogP) is 1.43. The summed E-state index contributed by atoms with van der Waals surface area (Å²) in [6, 6.07) is -0.796. The number of hydrogen-bond donors (Lipinski definition) is 1. The van der Waals surface area contributed by atoms with Gasteiger partial charge in [0.05, 0.1) is 26.2 Å². The first-order valence-corrected chi connectivity index (χ1v) is 8.10. The number of methoxy groups -OCH3 is 1. The average Bonchev–Trinajstić information content (AvgIpc) is 3.26. The first-order valence-electron chi connectivity index (χ1n) is 8.10. The molecule has 0 radical (unpaired) electrons. The van der Waals surface area contributed by atoms with Crippen LogP contribution in [-0.4, -0.2) is 61.7 Å². The second-order valence-corrected chi connectivity index (χ2v) is 6.28. The Kier molecular flexibility index (Phi) is 5.34. The van der Waals surface area contributed by atoms with Gasteiger partial charge in [-0.25, -0.2) is 9.37 Å². The topological polar surface area (TPSA) is 110 Å². The maximum Gasteiger partial charge on any atom is 0.256 e. The van der Waals surface area contributed by atoms with Crippen LogP contribution in [0.2, 0.25) is 0 Å². The number of nitrogens with one attached hydrogen (secondary N) is 2. The smallest absolute Gasteiger partial charge is 0.256 e. The van der Waals surface area contributed by atoms with E-state index in [1.54, 1.807) is 33.7 Å². The summed E-state index contributed by atoms with van der Waals surface area (Å²) in [4.78, 5) is 15.1. The largest absolute Gasteiger partial charge is 0.671 e. The van der Waals surface area contributed by atoms with Crippen molar-refractivity contribution in [2.24, 2.45) is 14.1 Å². The monoisotopic (exact) mass is 544 g/mol. The van der Waals surface area contributed by atoms with Crippen LogP contribution in [0.5, 0.6) is 5.88 Å². The van der Waals surface area contributed by atoms with E-state index >= 15 is 0 Å². The third kappa shape index (κ3) is 3.48. The number of nitrogens with zero attached hydrogens (tertiary/aromatic N) is 7. The Morgan fingerprint density at radius 1 is 1.30 bits per heavy atom. The minimum absolute atomic E-state index is 0. The molecule has 1 aliphatic rings. The number of aromatic nitrogens is 6. The quantitative estimate of drug-likeness (QED) is 0.530. The standard InChI is InChI=1S/C15H19FN9O.W/c1-23-7-18-11-12(19-10-6-24(2)22-14(10)26-3)20-15(21-13(11)23)25-4-8(16)9(17)5-25;/h6-9,17H,4-5H2,1-3H3,(H,19,20,21);/q-1;/t8-,9-;/m1./s1. The van der Waals surface area contributed by atoms with E-state index < -0.39 is 12.2 Å². The zero-order valence-corrected chi connectivity index (χ0v) is 18.0. The van der Waals surface area contributed by atoms with Crippen molar-refractivity contribution < 1.29 is 30.2 Å². The van der Waals surface area contributed by atoms with E-state index in [9.17, 15) is 4.39 Å². The molecule has 1 saturated heterocycles. The second kappa shape index (κ2) is 7.40. The molecule has 0 aromatic carbocycles. The van der Waals surface area contributed by atoms with Crippen molar-refractivity contribution >= 4 is 28.6 Å². The van der Waals surface area contributed by atoms with Crippen LogP contribution in [0.1, 0.15) is 0 Å². The van der Waals surface area contributed by atoms with E-state index in [1.807, 2.05) is 7.05 Å². The van der Waals surface area contributed by atoms with Crippen LogP contribution in [0.4, 0.5) is 21.8 Å². The molecule has 1 fully saturated rings. The Labute approximate surface area is 169 Å². The van der Waals surface area contributed by atoms with Crippen molar-refractivity contribution in [3.63, 3.8) is 0 Å². The molecule has 2 atom stereocenters. The molecule has 1 aliphatic heterocycles. The van der Waals surface area contributed by atoms with Crippen molar-refractivity contribution in [3.8, 4) is 5.88 Å². The van der Waals surface area contributed by atoms with Gasteiger partial charge in [-0.2, -0.15) is 9.97 Å². The molecular weight excluding hydrogens is 525 g/mol. The van der Waals surface area contributed by atoms with E-state index in [-0.39, 0.29) is 34.2 Å². The molecule has 0 unspecified atom stereocenters. The molecule has 10 nitrogen and oxygen atoms in total. The molecule has 0 bridgehead atoms. The Morgan fingerprint density at radius 2 is 2.07 bits per heavy atom. The molecule has 0 amide bonds. The minimum atomic E-state index is -1.21. The van der Waals surface area contributed by atoms with Crippen LogP contribution < -0.4 is 15.0 Å². The molecule has 3 aromatic rings. The summed E-state index contributed by atoms with van der Waals surface area (Å²) >= 11 is 0.